The quantitative estimate of drug-likeness (QED) is 0.881. The lowest BCUT2D eigenvalue weighted by molar-refractivity contribution is 0.414. The molecule has 0 spiro atoms. The van der Waals surface area contributed by atoms with Crippen LogP contribution in [0.3, 0.4) is 0 Å². The molecule has 1 aliphatic rings. The van der Waals surface area contributed by atoms with E-state index in [0.717, 1.165) is 12.3 Å². The van der Waals surface area contributed by atoms with Crippen LogP contribution in [0.15, 0.2) is 60.7 Å². The number of ether oxygens (including phenoxy) is 1. The smallest absolute Gasteiger partial charge is 0.118 e. The number of rotatable bonds is 5. The van der Waals surface area contributed by atoms with Gasteiger partial charge in [-0.25, -0.2) is 0 Å². The third kappa shape index (κ3) is 3.58. The topological polar surface area (TPSA) is 21.3 Å². The van der Waals surface area contributed by atoms with Gasteiger partial charge in [-0.15, -0.1) is 0 Å². The number of allylic oxidation sites excluding steroid dienone is 1. The molecule has 1 atom stereocenters. The summed E-state index contributed by atoms with van der Waals surface area (Å²) >= 11 is 0. The summed E-state index contributed by atoms with van der Waals surface area (Å²) in [7, 11) is 1.71. The van der Waals surface area contributed by atoms with Gasteiger partial charge in [0.05, 0.1) is 7.11 Å². The maximum Gasteiger partial charge on any atom is 0.118 e. The van der Waals surface area contributed by atoms with Gasteiger partial charge in [0, 0.05) is 12.6 Å². The van der Waals surface area contributed by atoms with Crippen molar-refractivity contribution in [3.05, 3.63) is 71.8 Å². The van der Waals surface area contributed by atoms with E-state index in [1.807, 2.05) is 12.1 Å². The third-order valence-electron chi connectivity index (χ3n) is 4.26. The van der Waals surface area contributed by atoms with Crippen molar-refractivity contribution < 1.29 is 4.74 Å². The van der Waals surface area contributed by atoms with E-state index in [4.69, 9.17) is 4.74 Å². The molecule has 3 rings (SSSR count). The van der Waals surface area contributed by atoms with Crippen molar-refractivity contribution in [1.82, 2.24) is 5.32 Å². The number of hydrogen-bond acceptors (Lipinski definition) is 2. The summed E-state index contributed by atoms with van der Waals surface area (Å²) in [5.41, 5.74) is 4.05. The fraction of sp³-hybridized carbons (Fsp3) is 0.300. The van der Waals surface area contributed by atoms with Crippen molar-refractivity contribution in [3.8, 4) is 5.75 Å². The first-order valence-corrected chi connectivity index (χ1v) is 7.98. The van der Waals surface area contributed by atoms with Crippen molar-refractivity contribution in [2.75, 3.05) is 7.11 Å². The van der Waals surface area contributed by atoms with E-state index in [1.54, 1.807) is 7.11 Å². The molecule has 2 aromatic carbocycles. The van der Waals surface area contributed by atoms with Crippen LogP contribution in [0.25, 0.3) is 5.57 Å². The van der Waals surface area contributed by atoms with Crippen molar-refractivity contribution in [3.63, 3.8) is 0 Å². The summed E-state index contributed by atoms with van der Waals surface area (Å²) in [5, 5.41) is 3.72. The number of nitrogens with one attached hydrogen (secondary N) is 1. The first-order chi connectivity index (χ1) is 10.9. The third-order valence-corrected chi connectivity index (χ3v) is 4.26. The molecule has 0 amide bonds. The number of methoxy groups -OCH3 is 1. The van der Waals surface area contributed by atoms with Gasteiger partial charge in [0.1, 0.15) is 5.75 Å². The Morgan fingerprint density at radius 2 is 1.82 bits per heavy atom. The van der Waals surface area contributed by atoms with Crippen LogP contribution < -0.4 is 10.1 Å². The zero-order valence-electron chi connectivity index (χ0n) is 13.1. The minimum absolute atomic E-state index is 0.433. The molecular formula is C20H23NO. The molecule has 2 heteroatoms. The van der Waals surface area contributed by atoms with Crippen LogP contribution in [0.5, 0.6) is 5.75 Å². The van der Waals surface area contributed by atoms with Gasteiger partial charge in [-0.05, 0) is 48.1 Å². The summed E-state index contributed by atoms with van der Waals surface area (Å²) in [6.07, 6.45) is 6.01. The molecule has 0 bridgehead atoms. The lowest BCUT2D eigenvalue weighted by Gasteiger charge is -2.26. The van der Waals surface area contributed by atoms with Gasteiger partial charge in [-0.3, -0.25) is 0 Å². The molecule has 0 aliphatic heterocycles. The summed E-state index contributed by atoms with van der Waals surface area (Å²) in [5.74, 6) is 0.911. The second kappa shape index (κ2) is 7.28. The standard InChI is InChI=1S/C20H23NO/c1-22-18-13-11-17(12-14-18)19-9-5-6-10-20(19)21-15-16-7-3-2-4-8-16/h2-4,7-9,11-14,20-21H,5-6,10,15H2,1H3/t20-/m0/s1. The highest BCUT2D eigenvalue weighted by Crippen LogP contribution is 2.28. The summed E-state index contributed by atoms with van der Waals surface area (Å²) in [6, 6.07) is 19.4. The van der Waals surface area contributed by atoms with Gasteiger partial charge in [0.15, 0.2) is 0 Å². The Bertz CT molecular complexity index is 616. The predicted octanol–water partition coefficient (Wildman–Crippen LogP) is 4.42. The van der Waals surface area contributed by atoms with Crippen LogP contribution in [-0.2, 0) is 6.54 Å². The van der Waals surface area contributed by atoms with Crippen LogP contribution in [0.2, 0.25) is 0 Å². The summed E-state index contributed by atoms with van der Waals surface area (Å²) < 4.78 is 5.25. The Labute approximate surface area is 132 Å². The van der Waals surface area contributed by atoms with Crippen LogP contribution >= 0.6 is 0 Å². The van der Waals surface area contributed by atoms with Crippen molar-refractivity contribution in [2.24, 2.45) is 0 Å². The van der Waals surface area contributed by atoms with Crippen molar-refractivity contribution in [2.45, 2.75) is 31.8 Å². The zero-order chi connectivity index (χ0) is 15.2. The Balaban J connectivity index is 1.71. The molecule has 0 fully saturated rings. The number of benzene rings is 2. The van der Waals surface area contributed by atoms with E-state index < -0.39 is 0 Å². The van der Waals surface area contributed by atoms with E-state index in [-0.39, 0.29) is 0 Å². The SMILES string of the molecule is COc1ccc(C2=CCCC[C@@H]2NCc2ccccc2)cc1. The minimum Gasteiger partial charge on any atom is -0.497 e. The van der Waals surface area contributed by atoms with Crippen LogP contribution in [0.4, 0.5) is 0 Å². The number of hydrogen-bond donors (Lipinski definition) is 1. The van der Waals surface area contributed by atoms with E-state index in [0.29, 0.717) is 6.04 Å². The molecule has 0 heterocycles. The second-order valence-electron chi connectivity index (χ2n) is 5.74. The van der Waals surface area contributed by atoms with E-state index in [1.165, 1.54) is 36.0 Å². The maximum absolute atomic E-state index is 5.25. The van der Waals surface area contributed by atoms with Gasteiger partial charge in [0.2, 0.25) is 0 Å². The Hall–Kier alpha value is -2.06. The zero-order valence-corrected chi connectivity index (χ0v) is 13.1. The molecule has 0 saturated carbocycles. The van der Waals surface area contributed by atoms with Gasteiger partial charge >= 0.3 is 0 Å². The largest absolute Gasteiger partial charge is 0.497 e. The molecule has 0 radical (unpaired) electrons. The molecule has 22 heavy (non-hydrogen) atoms. The van der Waals surface area contributed by atoms with Gasteiger partial charge in [-0.2, -0.15) is 0 Å². The molecule has 1 N–H and O–H groups in total. The molecule has 1 aliphatic carbocycles. The molecule has 0 saturated heterocycles. The molecule has 2 aromatic rings. The maximum atomic E-state index is 5.25. The highest BCUT2D eigenvalue weighted by Gasteiger charge is 2.18. The monoisotopic (exact) mass is 293 g/mol. The second-order valence-corrected chi connectivity index (χ2v) is 5.74. The van der Waals surface area contributed by atoms with Crippen LogP contribution in [0, 0.1) is 0 Å². The average molecular weight is 293 g/mol. The molecule has 2 nitrogen and oxygen atoms in total. The van der Waals surface area contributed by atoms with E-state index in [2.05, 4.69) is 53.9 Å². The van der Waals surface area contributed by atoms with Crippen LogP contribution in [-0.4, -0.2) is 13.2 Å². The fourth-order valence-electron chi connectivity index (χ4n) is 3.03. The molecule has 0 aromatic heterocycles. The van der Waals surface area contributed by atoms with Crippen LogP contribution in [0.1, 0.15) is 30.4 Å². The van der Waals surface area contributed by atoms with Crippen molar-refractivity contribution >= 4 is 5.57 Å². The Morgan fingerprint density at radius 1 is 1.05 bits per heavy atom. The Kier molecular flexibility index (Phi) is 4.92. The minimum atomic E-state index is 0.433. The lowest BCUT2D eigenvalue weighted by Crippen LogP contribution is -2.31. The molecule has 0 unspecified atom stereocenters. The average Bonchev–Trinajstić information content (AvgIpc) is 2.61. The molecular weight excluding hydrogens is 270 g/mol. The highest BCUT2D eigenvalue weighted by atomic mass is 16.5. The van der Waals surface area contributed by atoms with Crippen molar-refractivity contribution in [1.29, 1.82) is 0 Å². The first-order valence-electron chi connectivity index (χ1n) is 7.98. The van der Waals surface area contributed by atoms with Gasteiger partial charge in [0.25, 0.3) is 0 Å². The normalized spacial score (nSPS) is 17.9. The fourth-order valence-corrected chi connectivity index (χ4v) is 3.03. The highest BCUT2D eigenvalue weighted by molar-refractivity contribution is 5.70. The Morgan fingerprint density at radius 3 is 2.55 bits per heavy atom. The first kappa shape index (κ1) is 14.9. The summed E-state index contributed by atoms with van der Waals surface area (Å²) in [4.78, 5) is 0. The van der Waals surface area contributed by atoms with E-state index >= 15 is 0 Å². The van der Waals surface area contributed by atoms with E-state index in [9.17, 15) is 0 Å². The lowest BCUT2D eigenvalue weighted by atomic mass is 9.89. The summed E-state index contributed by atoms with van der Waals surface area (Å²) in [6.45, 7) is 0.916. The van der Waals surface area contributed by atoms with Gasteiger partial charge < -0.3 is 10.1 Å². The molecule has 114 valence electrons. The predicted molar refractivity (Wildman–Crippen MR) is 91.9 cm³/mol. The van der Waals surface area contributed by atoms with Gasteiger partial charge in [-0.1, -0.05) is 48.5 Å².